The Labute approximate surface area is 188 Å². The number of hydrogen-bond acceptors (Lipinski definition) is 5. The lowest BCUT2D eigenvalue weighted by Crippen LogP contribution is -2.49. The Morgan fingerprint density at radius 3 is 2.18 bits per heavy atom. The van der Waals surface area contributed by atoms with Crippen LogP contribution in [0, 0.1) is 5.92 Å². The Morgan fingerprint density at radius 2 is 1.64 bits per heavy atom. The SMILES string of the molecule is CCN1CCN(CC(C)CNC(=NC)NCCNC(=O)OC(C)(C)C)CC1.I. The number of halogens is 1. The summed E-state index contributed by atoms with van der Waals surface area (Å²) in [5.74, 6) is 1.29. The molecular formula is C19H41IN6O2. The van der Waals surface area contributed by atoms with Crippen LogP contribution in [0.4, 0.5) is 4.79 Å². The van der Waals surface area contributed by atoms with Gasteiger partial charge >= 0.3 is 6.09 Å². The lowest BCUT2D eigenvalue weighted by atomic mass is 10.1. The highest BCUT2D eigenvalue weighted by atomic mass is 127. The molecule has 1 unspecified atom stereocenters. The first-order chi connectivity index (χ1) is 12.7. The maximum Gasteiger partial charge on any atom is 0.407 e. The van der Waals surface area contributed by atoms with Gasteiger partial charge in [-0.3, -0.25) is 4.99 Å². The van der Waals surface area contributed by atoms with Gasteiger partial charge in [0.1, 0.15) is 5.60 Å². The summed E-state index contributed by atoms with van der Waals surface area (Å²) in [6.07, 6.45) is -0.399. The lowest BCUT2D eigenvalue weighted by molar-refractivity contribution is 0.0529. The minimum absolute atomic E-state index is 0. The molecule has 28 heavy (non-hydrogen) atoms. The summed E-state index contributed by atoms with van der Waals surface area (Å²) in [6.45, 7) is 18.9. The minimum atomic E-state index is -0.478. The molecule has 166 valence electrons. The second kappa shape index (κ2) is 14.2. The number of ether oxygens (including phenoxy) is 1. The van der Waals surface area contributed by atoms with Crippen LogP contribution in [-0.4, -0.2) is 93.4 Å². The van der Waals surface area contributed by atoms with Crippen LogP contribution >= 0.6 is 24.0 Å². The summed E-state index contributed by atoms with van der Waals surface area (Å²) in [5.41, 5.74) is -0.478. The van der Waals surface area contributed by atoms with Crippen LogP contribution in [0.25, 0.3) is 0 Å². The summed E-state index contributed by atoms with van der Waals surface area (Å²) in [5, 5.41) is 9.30. The zero-order chi connectivity index (χ0) is 20.3. The van der Waals surface area contributed by atoms with Gasteiger partial charge in [-0.25, -0.2) is 4.79 Å². The number of carbonyl (C=O) groups excluding carboxylic acids is 1. The van der Waals surface area contributed by atoms with Crippen LogP contribution < -0.4 is 16.0 Å². The monoisotopic (exact) mass is 512 g/mol. The summed E-state index contributed by atoms with van der Waals surface area (Å²) in [4.78, 5) is 20.9. The number of alkyl carbamates (subject to hydrolysis) is 1. The first-order valence-corrected chi connectivity index (χ1v) is 10.1. The summed E-state index contributed by atoms with van der Waals surface area (Å²) in [7, 11) is 1.76. The summed E-state index contributed by atoms with van der Waals surface area (Å²) in [6, 6.07) is 0. The number of guanidine groups is 1. The number of carbonyl (C=O) groups is 1. The van der Waals surface area contributed by atoms with E-state index in [4.69, 9.17) is 4.74 Å². The van der Waals surface area contributed by atoms with E-state index in [2.05, 4.69) is 44.6 Å². The Morgan fingerprint density at radius 1 is 1.07 bits per heavy atom. The smallest absolute Gasteiger partial charge is 0.407 e. The van der Waals surface area contributed by atoms with E-state index >= 15 is 0 Å². The van der Waals surface area contributed by atoms with Gasteiger partial charge in [0.05, 0.1) is 0 Å². The number of hydrogen-bond donors (Lipinski definition) is 3. The van der Waals surface area contributed by atoms with Crippen molar-refractivity contribution in [3.8, 4) is 0 Å². The molecule has 1 amide bonds. The van der Waals surface area contributed by atoms with E-state index in [0.717, 1.165) is 38.7 Å². The van der Waals surface area contributed by atoms with Crippen molar-refractivity contribution in [2.45, 2.75) is 40.2 Å². The molecule has 3 N–H and O–H groups in total. The van der Waals surface area contributed by atoms with Crippen LogP contribution in [0.5, 0.6) is 0 Å². The molecule has 0 spiro atoms. The molecule has 1 saturated heterocycles. The minimum Gasteiger partial charge on any atom is -0.444 e. The van der Waals surface area contributed by atoms with Gasteiger partial charge in [0.2, 0.25) is 0 Å². The van der Waals surface area contributed by atoms with E-state index in [1.165, 1.54) is 13.1 Å². The number of amides is 1. The molecule has 0 aromatic heterocycles. The van der Waals surface area contributed by atoms with Crippen LogP contribution in [0.15, 0.2) is 4.99 Å². The molecule has 9 heteroatoms. The highest BCUT2D eigenvalue weighted by Crippen LogP contribution is 2.06. The molecular weight excluding hydrogens is 471 g/mol. The second-order valence-corrected chi connectivity index (χ2v) is 8.15. The Kier molecular flexibility index (Phi) is 13.8. The molecule has 1 rings (SSSR count). The molecule has 8 nitrogen and oxygen atoms in total. The van der Waals surface area contributed by atoms with Gasteiger partial charge < -0.3 is 30.5 Å². The molecule has 0 aromatic rings. The largest absolute Gasteiger partial charge is 0.444 e. The molecule has 0 aromatic carbocycles. The van der Waals surface area contributed by atoms with E-state index in [-0.39, 0.29) is 24.0 Å². The maximum absolute atomic E-state index is 11.6. The van der Waals surface area contributed by atoms with Crippen LogP contribution in [0.3, 0.4) is 0 Å². The predicted octanol–water partition coefficient (Wildman–Crippen LogP) is 1.57. The Hall–Kier alpha value is -0.810. The molecule has 0 aliphatic carbocycles. The van der Waals surface area contributed by atoms with Crippen molar-refractivity contribution in [1.82, 2.24) is 25.8 Å². The van der Waals surface area contributed by atoms with E-state index in [1.807, 2.05) is 20.8 Å². The topological polar surface area (TPSA) is 81.2 Å². The van der Waals surface area contributed by atoms with Gasteiger partial charge in [0.15, 0.2) is 5.96 Å². The number of rotatable bonds is 8. The van der Waals surface area contributed by atoms with Crippen molar-refractivity contribution in [3.63, 3.8) is 0 Å². The van der Waals surface area contributed by atoms with Crippen LogP contribution in [0.2, 0.25) is 0 Å². The molecule has 1 heterocycles. The van der Waals surface area contributed by atoms with Crippen molar-refractivity contribution in [2.75, 3.05) is 66.0 Å². The third-order valence-corrected chi connectivity index (χ3v) is 4.41. The van der Waals surface area contributed by atoms with Crippen molar-refractivity contribution in [3.05, 3.63) is 0 Å². The van der Waals surface area contributed by atoms with Crippen molar-refractivity contribution >= 4 is 36.0 Å². The van der Waals surface area contributed by atoms with Crippen molar-refractivity contribution < 1.29 is 9.53 Å². The van der Waals surface area contributed by atoms with Crippen LogP contribution in [-0.2, 0) is 4.74 Å². The molecule has 0 saturated carbocycles. The second-order valence-electron chi connectivity index (χ2n) is 8.15. The fraction of sp³-hybridized carbons (Fsp3) is 0.895. The fourth-order valence-electron chi connectivity index (χ4n) is 2.94. The molecule has 1 aliphatic rings. The third-order valence-electron chi connectivity index (χ3n) is 4.41. The first-order valence-electron chi connectivity index (χ1n) is 10.1. The maximum atomic E-state index is 11.6. The standard InChI is InChI=1S/C19H40N6O2.HI/c1-7-24-10-12-25(13-11-24)15-16(2)14-23-17(20-6)21-8-9-22-18(26)27-19(3,4)5;/h16H,7-15H2,1-6H3,(H,22,26)(H2,20,21,23);1H. The quantitative estimate of drug-likeness (QED) is 0.198. The lowest BCUT2D eigenvalue weighted by Gasteiger charge is -2.35. The molecule has 1 atom stereocenters. The number of nitrogens with zero attached hydrogens (tertiary/aromatic N) is 3. The first kappa shape index (κ1) is 27.2. The average Bonchev–Trinajstić information content (AvgIpc) is 2.60. The number of nitrogens with one attached hydrogen (secondary N) is 3. The molecule has 1 aliphatic heterocycles. The average molecular weight is 512 g/mol. The van der Waals surface area contributed by atoms with Gasteiger partial charge in [0, 0.05) is 59.4 Å². The van der Waals surface area contributed by atoms with E-state index < -0.39 is 11.7 Å². The molecule has 1 fully saturated rings. The number of piperazine rings is 1. The van der Waals surface area contributed by atoms with Gasteiger partial charge in [-0.2, -0.15) is 0 Å². The van der Waals surface area contributed by atoms with Crippen molar-refractivity contribution in [1.29, 1.82) is 0 Å². The van der Waals surface area contributed by atoms with Crippen molar-refractivity contribution in [2.24, 2.45) is 10.9 Å². The van der Waals surface area contributed by atoms with Gasteiger partial charge in [-0.05, 0) is 33.2 Å². The molecule has 0 radical (unpaired) electrons. The van der Waals surface area contributed by atoms with Crippen LogP contribution in [0.1, 0.15) is 34.6 Å². The predicted molar refractivity (Wildman–Crippen MR) is 127 cm³/mol. The Balaban J connectivity index is 0.00000729. The molecule has 0 bridgehead atoms. The summed E-state index contributed by atoms with van der Waals surface area (Å²) >= 11 is 0. The van der Waals surface area contributed by atoms with Gasteiger partial charge in [-0.1, -0.05) is 13.8 Å². The normalized spacial score (nSPS) is 17.4. The Bertz CT molecular complexity index is 462. The number of aliphatic imine (C=N–C) groups is 1. The summed E-state index contributed by atoms with van der Waals surface area (Å²) < 4.78 is 5.20. The van der Waals surface area contributed by atoms with Gasteiger partial charge in [0.25, 0.3) is 0 Å². The van der Waals surface area contributed by atoms with E-state index in [9.17, 15) is 4.79 Å². The highest BCUT2D eigenvalue weighted by molar-refractivity contribution is 14.0. The number of likely N-dealkylation sites (N-methyl/N-ethyl adjacent to an activating group) is 1. The third kappa shape index (κ3) is 12.6. The van der Waals surface area contributed by atoms with E-state index in [1.54, 1.807) is 7.05 Å². The zero-order valence-corrected chi connectivity index (χ0v) is 20.8. The zero-order valence-electron chi connectivity index (χ0n) is 18.5. The van der Waals surface area contributed by atoms with E-state index in [0.29, 0.717) is 19.0 Å². The highest BCUT2D eigenvalue weighted by Gasteiger charge is 2.17. The van der Waals surface area contributed by atoms with Gasteiger partial charge in [-0.15, -0.1) is 24.0 Å². The fourth-order valence-corrected chi connectivity index (χ4v) is 2.94.